The molecular weight excluding hydrogens is 448 g/mol. The lowest BCUT2D eigenvalue weighted by Gasteiger charge is -2.19. The third-order valence-corrected chi connectivity index (χ3v) is 6.46. The second-order valence-electron chi connectivity index (χ2n) is 7.95. The number of thioether (sulfide) groups is 1. The van der Waals surface area contributed by atoms with Gasteiger partial charge in [0.1, 0.15) is 13.2 Å². The molecule has 3 aromatic carbocycles. The molecule has 1 unspecified atom stereocenters. The molecule has 2 heterocycles. The highest BCUT2D eigenvalue weighted by Gasteiger charge is 2.22. The SMILES string of the molecule is Cc1ccc(-n2c(SC(C)C(=O)Nc3ccc4c(c3)OCCO4)nnc2-c2ccccc2)cc1. The Kier molecular flexibility index (Phi) is 6.22. The van der Waals surface area contributed by atoms with Crippen molar-refractivity contribution in [1.29, 1.82) is 0 Å². The average Bonchev–Trinajstić information content (AvgIpc) is 3.28. The highest BCUT2D eigenvalue weighted by Crippen LogP contribution is 2.34. The van der Waals surface area contributed by atoms with E-state index in [2.05, 4.69) is 27.6 Å². The predicted octanol–water partition coefficient (Wildman–Crippen LogP) is 5.13. The minimum absolute atomic E-state index is 0.138. The molecule has 5 rings (SSSR count). The van der Waals surface area contributed by atoms with Crippen LogP contribution in [0.1, 0.15) is 12.5 Å². The molecule has 1 amide bonds. The summed E-state index contributed by atoms with van der Waals surface area (Å²) in [4.78, 5) is 13.0. The van der Waals surface area contributed by atoms with E-state index >= 15 is 0 Å². The number of amides is 1. The van der Waals surface area contributed by atoms with Crippen LogP contribution in [0.3, 0.4) is 0 Å². The minimum Gasteiger partial charge on any atom is -0.486 e. The highest BCUT2D eigenvalue weighted by atomic mass is 32.2. The second-order valence-corrected chi connectivity index (χ2v) is 9.26. The van der Waals surface area contributed by atoms with Crippen molar-refractivity contribution < 1.29 is 14.3 Å². The van der Waals surface area contributed by atoms with Gasteiger partial charge in [0.2, 0.25) is 5.91 Å². The summed E-state index contributed by atoms with van der Waals surface area (Å²) in [7, 11) is 0. The van der Waals surface area contributed by atoms with E-state index in [0.717, 1.165) is 17.1 Å². The summed E-state index contributed by atoms with van der Waals surface area (Å²) in [5.74, 6) is 1.91. The van der Waals surface area contributed by atoms with Gasteiger partial charge in [-0.15, -0.1) is 10.2 Å². The lowest BCUT2D eigenvalue weighted by Crippen LogP contribution is -2.23. The third kappa shape index (κ3) is 4.63. The van der Waals surface area contributed by atoms with E-state index in [1.54, 1.807) is 6.07 Å². The van der Waals surface area contributed by atoms with Gasteiger partial charge in [-0.05, 0) is 38.1 Å². The molecule has 0 saturated carbocycles. The number of hydrogen-bond donors (Lipinski definition) is 1. The number of carbonyl (C=O) groups is 1. The standard InChI is InChI=1S/C26H24N4O3S/c1-17-8-11-21(12-9-17)30-24(19-6-4-3-5-7-19)28-29-26(30)34-18(2)25(31)27-20-10-13-22-23(16-20)33-15-14-32-22/h3-13,16,18H,14-15H2,1-2H3,(H,27,31). The van der Waals surface area contributed by atoms with Gasteiger partial charge in [0.05, 0.1) is 5.25 Å². The summed E-state index contributed by atoms with van der Waals surface area (Å²) in [6.07, 6.45) is 0. The van der Waals surface area contributed by atoms with Crippen LogP contribution in [0.5, 0.6) is 11.5 Å². The van der Waals surface area contributed by atoms with E-state index in [1.807, 2.05) is 73.0 Å². The fourth-order valence-corrected chi connectivity index (χ4v) is 4.49. The predicted molar refractivity (Wildman–Crippen MR) is 133 cm³/mol. The topological polar surface area (TPSA) is 78.3 Å². The maximum atomic E-state index is 13.0. The second kappa shape index (κ2) is 9.61. The first-order chi connectivity index (χ1) is 16.6. The summed E-state index contributed by atoms with van der Waals surface area (Å²) in [5, 5.41) is 12.1. The lowest BCUT2D eigenvalue weighted by atomic mass is 10.2. The van der Waals surface area contributed by atoms with Gasteiger partial charge < -0.3 is 14.8 Å². The molecule has 1 aliphatic heterocycles. The van der Waals surface area contributed by atoms with Crippen LogP contribution < -0.4 is 14.8 Å². The first kappa shape index (κ1) is 22.0. The quantitative estimate of drug-likeness (QED) is 0.392. The van der Waals surface area contributed by atoms with Crippen molar-refractivity contribution in [2.24, 2.45) is 0 Å². The summed E-state index contributed by atoms with van der Waals surface area (Å²) in [6, 6.07) is 23.5. The third-order valence-electron chi connectivity index (χ3n) is 5.42. The Labute approximate surface area is 202 Å². The monoisotopic (exact) mass is 472 g/mol. The summed E-state index contributed by atoms with van der Waals surface area (Å²) >= 11 is 1.36. The summed E-state index contributed by atoms with van der Waals surface area (Å²) in [6.45, 7) is 4.93. The zero-order chi connectivity index (χ0) is 23.5. The van der Waals surface area contributed by atoms with Gasteiger partial charge in [-0.3, -0.25) is 9.36 Å². The number of benzene rings is 3. The fraction of sp³-hybridized carbons (Fsp3) is 0.192. The minimum atomic E-state index is -0.412. The maximum Gasteiger partial charge on any atom is 0.237 e. The van der Waals surface area contributed by atoms with Crippen molar-refractivity contribution in [2.75, 3.05) is 18.5 Å². The molecule has 4 aromatic rings. The normalized spacial score (nSPS) is 13.4. The zero-order valence-electron chi connectivity index (χ0n) is 18.9. The smallest absolute Gasteiger partial charge is 0.237 e. The molecule has 34 heavy (non-hydrogen) atoms. The average molecular weight is 473 g/mol. The molecule has 1 aliphatic rings. The Balaban J connectivity index is 1.39. The van der Waals surface area contributed by atoms with Gasteiger partial charge in [0.15, 0.2) is 22.5 Å². The van der Waals surface area contributed by atoms with Gasteiger partial charge in [0, 0.05) is 23.0 Å². The van der Waals surface area contributed by atoms with E-state index in [9.17, 15) is 4.79 Å². The van der Waals surface area contributed by atoms with Crippen LogP contribution >= 0.6 is 11.8 Å². The van der Waals surface area contributed by atoms with Crippen molar-refractivity contribution in [3.8, 4) is 28.6 Å². The van der Waals surface area contributed by atoms with Gasteiger partial charge in [0.25, 0.3) is 0 Å². The lowest BCUT2D eigenvalue weighted by molar-refractivity contribution is -0.115. The van der Waals surface area contributed by atoms with E-state index in [4.69, 9.17) is 9.47 Å². The molecule has 8 heteroatoms. The first-order valence-electron chi connectivity index (χ1n) is 11.0. The number of nitrogens with zero attached hydrogens (tertiary/aromatic N) is 3. The number of anilines is 1. The van der Waals surface area contributed by atoms with E-state index in [0.29, 0.717) is 35.6 Å². The van der Waals surface area contributed by atoms with Gasteiger partial charge >= 0.3 is 0 Å². The first-order valence-corrected chi connectivity index (χ1v) is 11.9. The number of nitrogens with one attached hydrogen (secondary N) is 1. The van der Waals surface area contributed by atoms with Crippen molar-refractivity contribution in [3.63, 3.8) is 0 Å². The van der Waals surface area contributed by atoms with Crippen LogP contribution in [-0.4, -0.2) is 39.1 Å². The molecule has 1 aromatic heterocycles. The Morgan fingerprint density at radius 3 is 2.47 bits per heavy atom. The number of carbonyl (C=O) groups excluding carboxylic acids is 1. The number of rotatable bonds is 6. The van der Waals surface area contributed by atoms with E-state index in [1.165, 1.54) is 17.3 Å². The molecule has 1 N–H and O–H groups in total. The maximum absolute atomic E-state index is 13.0. The molecule has 0 spiro atoms. The Morgan fingerprint density at radius 1 is 0.971 bits per heavy atom. The highest BCUT2D eigenvalue weighted by molar-refractivity contribution is 8.00. The fourth-order valence-electron chi connectivity index (χ4n) is 3.62. The molecule has 172 valence electrons. The molecule has 1 atom stereocenters. The molecule has 7 nitrogen and oxygen atoms in total. The molecule has 0 bridgehead atoms. The molecular formula is C26H24N4O3S. The van der Waals surface area contributed by atoms with Gasteiger partial charge in [-0.2, -0.15) is 0 Å². The number of ether oxygens (including phenoxy) is 2. The Hall–Kier alpha value is -3.78. The molecule has 0 radical (unpaired) electrons. The summed E-state index contributed by atoms with van der Waals surface area (Å²) in [5.41, 5.74) is 3.72. The van der Waals surface area contributed by atoms with Crippen LogP contribution in [0.2, 0.25) is 0 Å². The van der Waals surface area contributed by atoms with E-state index < -0.39 is 5.25 Å². The molecule has 0 saturated heterocycles. The number of aryl methyl sites for hydroxylation is 1. The van der Waals surface area contributed by atoms with Crippen molar-refractivity contribution >= 4 is 23.4 Å². The Morgan fingerprint density at radius 2 is 1.71 bits per heavy atom. The van der Waals surface area contributed by atoms with Crippen LogP contribution in [0.15, 0.2) is 78.0 Å². The largest absolute Gasteiger partial charge is 0.486 e. The molecule has 0 aliphatic carbocycles. The number of fused-ring (bicyclic) bond motifs is 1. The van der Waals surface area contributed by atoms with E-state index in [-0.39, 0.29) is 5.91 Å². The van der Waals surface area contributed by atoms with Crippen molar-refractivity contribution in [1.82, 2.24) is 14.8 Å². The number of aromatic nitrogens is 3. The summed E-state index contributed by atoms with van der Waals surface area (Å²) < 4.78 is 13.2. The van der Waals surface area contributed by atoms with Crippen molar-refractivity contribution in [3.05, 3.63) is 78.4 Å². The van der Waals surface area contributed by atoms with Crippen LogP contribution in [0, 0.1) is 6.92 Å². The van der Waals surface area contributed by atoms with Crippen molar-refractivity contribution in [2.45, 2.75) is 24.3 Å². The number of hydrogen-bond acceptors (Lipinski definition) is 6. The Bertz CT molecular complexity index is 1310. The van der Waals surface area contributed by atoms with Crippen LogP contribution in [-0.2, 0) is 4.79 Å². The zero-order valence-corrected chi connectivity index (χ0v) is 19.7. The van der Waals surface area contributed by atoms with Crippen LogP contribution in [0.4, 0.5) is 5.69 Å². The van der Waals surface area contributed by atoms with Crippen LogP contribution in [0.25, 0.3) is 17.1 Å². The van der Waals surface area contributed by atoms with Gasteiger partial charge in [-0.25, -0.2) is 0 Å². The van der Waals surface area contributed by atoms with Gasteiger partial charge in [-0.1, -0.05) is 59.8 Å². The molecule has 0 fully saturated rings.